The average Bonchev–Trinajstić information content (AvgIpc) is 2.80. The summed E-state index contributed by atoms with van der Waals surface area (Å²) >= 11 is 0. The van der Waals surface area contributed by atoms with Gasteiger partial charge in [-0.3, -0.25) is 4.79 Å². The molecule has 1 saturated heterocycles. The lowest BCUT2D eigenvalue weighted by Gasteiger charge is -2.30. The van der Waals surface area contributed by atoms with Crippen LogP contribution in [0.1, 0.15) is 38.2 Å². The maximum atomic E-state index is 13.0. The quantitative estimate of drug-likeness (QED) is 0.574. The lowest BCUT2D eigenvalue weighted by Crippen LogP contribution is -2.41. The monoisotopic (exact) mass is 460 g/mol. The molecule has 0 spiro atoms. The normalized spacial score (nSPS) is 15.6. The molecular weight excluding hydrogens is 428 g/mol. The van der Waals surface area contributed by atoms with E-state index in [2.05, 4.69) is 19.2 Å². The van der Waals surface area contributed by atoms with Crippen LogP contribution in [0.15, 0.2) is 53.4 Å². The molecule has 3 rings (SSSR count). The molecule has 0 aromatic heterocycles. The van der Waals surface area contributed by atoms with Crippen molar-refractivity contribution < 1.29 is 22.7 Å². The smallest absolute Gasteiger partial charge is 0.243 e. The van der Waals surface area contributed by atoms with E-state index in [1.165, 1.54) is 4.31 Å². The lowest BCUT2D eigenvalue weighted by molar-refractivity contribution is -0.120. The maximum absolute atomic E-state index is 13.0. The Labute approximate surface area is 190 Å². The van der Waals surface area contributed by atoms with E-state index >= 15 is 0 Å². The molecule has 1 fully saturated rings. The highest BCUT2D eigenvalue weighted by atomic mass is 32.2. The zero-order valence-electron chi connectivity index (χ0n) is 18.9. The summed E-state index contributed by atoms with van der Waals surface area (Å²) < 4.78 is 37.9. The van der Waals surface area contributed by atoms with Gasteiger partial charge >= 0.3 is 0 Å². The van der Waals surface area contributed by atoms with Gasteiger partial charge in [0.1, 0.15) is 12.4 Å². The van der Waals surface area contributed by atoms with Crippen molar-refractivity contribution >= 4 is 21.6 Å². The molecule has 8 heteroatoms. The Bertz CT molecular complexity index is 980. The van der Waals surface area contributed by atoms with Gasteiger partial charge in [0.2, 0.25) is 15.9 Å². The number of ether oxygens (including phenoxy) is 2. The first-order chi connectivity index (χ1) is 15.3. The summed E-state index contributed by atoms with van der Waals surface area (Å²) in [5.74, 6) is 0.749. The second kappa shape index (κ2) is 10.9. The zero-order valence-corrected chi connectivity index (χ0v) is 19.7. The van der Waals surface area contributed by atoms with Crippen LogP contribution in [0.5, 0.6) is 5.75 Å². The highest BCUT2D eigenvalue weighted by Crippen LogP contribution is 2.26. The number of hydrogen-bond acceptors (Lipinski definition) is 5. The van der Waals surface area contributed by atoms with E-state index in [4.69, 9.17) is 9.47 Å². The van der Waals surface area contributed by atoms with Crippen LogP contribution in [0.4, 0.5) is 5.69 Å². The molecule has 0 saturated carbocycles. The van der Waals surface area contributed by atoms with Crippen LogP contribution < -0.4 is 10.1 Å². The molecule has 1 heterocycles. The molecule has 1 aliphatic rings. The molecule has 0 atom stereocenters. The molecule has 1 N–H and O–H groups in total. The van der Waals surface area contributed by atoms with E-state index in [9.17, 15) is 13.2 Å². The molecule has 0 unspecified atom stereocenters. The predicted octanol–water partition coefficient (Wildman–Crippen LogP) is 3.87. The van der Waals surface area contributed by atoms with Crippen molar-refractivity contribution in [3.63, 3.8) is 0 Å². The molecule has 1 aliphatic heterocycles. The van der Waals surface area contributed by atoms with Crippen LogP contribution in [0.3, 0.4) is 0 Å². The number of carbonyl (C=O) groups is 1. The molecule has 7 nitrogen and oxygen atoms in total. The number of methoxy groups -OCH3 is 1. The van der Waals surface area contributed by atoms with Crippen molar-refractivity contribution in [2.75, 3.05) is 38.7 Å². The Morgan fingerprint density at radius 1 is 1.03 bits per heavy atom. The number of piperidine rings is 1. The number of anilines is 1. The van der Waals surface area contributed by atoms with Crippen molar-refractivity contribution in [3.05, 3.63) is 54.1 Å². The van der Waals surface area contributed by atoms with Gasteiger partial charge in [0.25, 0.3) is 0 Å². The third-order valence-electron chi connectivity index (χ3n) is 5.69. The Balaban J connectivity index is 1.52. The third-order valence-corrected chi connectivity index (χ3v) is 7.60. The van der Waals surface area contributed by atoms with Crippen LogP contribution in [0, 0.1) is 5.92 Å². The van der Waals surface area contributed by atoms with Crippen molar-refractivity contribution in [2.45, 2.75) is 37.5 Å². The van der Waals surface area contributed by atoms with Gasteiger partial charge < -0.3 is 14.8 Å². The Morgan fingerprint density at radius 3 is 2.22 bits per heavy atom. The minimum absolute atomic E-state index is 0.0867. The SMILES string of the molecule is COCCOc1ccc(NC(=O)C2CCN(S(=O)(=O)c3ccc(C(C)C)cc3)CC2)cc1. The molecule has 2 aromatic carbocycles. The van der Waals surface area contributed by atoms with Gasteiger partial charge in [-0.05, 0) is 60.7 Å². The number of nitrogens with one attached hydrogen (secondary N) is 1. The van der Waals surface area contributed by atoms with Crippen LogP contribution in [-0.2, 0) is 19.6 Å². The first-order valence-corrected chi connectivity index (χ1v) is 12.4. The van der Waals surface area contributed by atoms with Gasteiger partial charge in [-0.1, -0.05) is 26.0 Å². The van der Waals surface area contributed by atoms with Crippen molar-refractivity contribution in [2.24, 2.45) is 5.92 Å². The topological polar surface area (TPSA) is 84.9 Å². The summed E-state index contributed by atoms with van der Waals surface area (Å²) in [5.41, 5.74) is 1.79. The first kappa shape index (κ1) is 24.2. The fourth-order valence-electron chi connectivity index (χ4n) is 3.65. The second-order valence-corrected chi connectivity index (χ2v) is 10.2. The Morgan fingerprint density at radius 2 is 1.66 bits per heavy atom. The summed E-state index contributed by atoms with van der Waals surface area (Å²) in [4.78, 5) is 13.0. The molecule has 0 radical (unpaired) electrons. The van der Waals surface area contributed by atoms with E-state index in [-0.39, 0.29) is 11.8 Å². The fourth-order valence-corrected chi connectivity index (χ4v) is 5.12. The van der Waals surface area contributed by atoms with E-state index < -0.39 is 10.0 Å². The highest BCUT2D eigenvalue weighted by molar-refractivity contribution is 7.89. The van der Waals surface area contributed by atoms with Crippen molar-refractivity contribution in [1.29, 1.82) is 0 Å². The summed E-state index contributed by atoms with van der Waals surface area (Å²) in [6.07, 6.45) is 0.987. The van der Waals surface area contributed by atoms with Crippen LogP contribution in [0.2, 0.25) is 0 Å². The van der Waals surface area contributed by atoms with Crippen LogP contribution >= 0.6 is 0 Å². The Kier molecular flexibility index (Phi) is 8.28. The fraction of sp³-hybridized carbons (Fsp3) is 0.458. The third kappa shape index (κ3) is 6.09. The molecule has 2 aromatic rings. The lowest BCUT2D eigenvalue weighted by atomic mass is 9.97. The molecular formula is C24H32N2O5S. The van der Waals surface area contributed by atoms with Crippen LogP contribution in [0.25, 0.3) is 0 Å². The number of hydrogen-bond donors (Lipinski definition) is 1. The summed E-state index contributed by atoms with van der Waals surface area (Å²) in [5, 5.41) is 2.92. The number of nitrogens with zero attached hydrogens (tertiary/aromatic N) is 1. The van der Waals surface area contributed by atoms with Gasteiger partial charge in [-0.25, -0.2) is 8.42 Å². The predicted molar refractivity (Wildman–Crippen MR) is 124 cm³/mol. The largest absolute Gasteiger partial charge is 0.491 e. The number of carbonyl (C=O) groups excluding carboxylic acids is 1. The van der Waals surface area contributed by atoms with Gasteiger partial charge in [0.05, 0.1) is 11.5 Å². The van der Waals surface area contributed by atoms with E-state index in [1.807, 2.05) is 12.1 Å². The van der Waals surface area contributed by atoms with Gasteiger partial charge in [0.15, 0.2) is 0 Å². The summed E-state index contributed by atoms with van der Waals surface area (Å²) in [6, 6.07) is 14.3. The van der Waals surface area contributed by atoms with E-state index in [0.717, 1.165) is 5.56 Å². The molecule has 0 bridgehead atoms. The Hall–Kier alpha value is -2.42. The van der Waals surface area contributed by atoms with Crippen LogP contribution in [-0.4, -0.2) is 52.0 Å². The van der Waals surface area contributed by atoms with E-state index in [0.29, 0.717) is 61.4 Å². The highest BCUT2D eigenvalue weighted by Gasteiger charge is 2.32. The number of sulfonamides is 1. The van der Waals surface area contributed by atoms with Crippen molar-refractivity contribution in [3.8, 4) is 5.75 Å². The van der Waals surface area contributed by atoms with E-state index in [1.54, 1.807) is 43.5 Å². The number of benzene rings is 2. The summed E-state index contributed by atoms with van der Waals surface area (Å²) in [6.45, 7) is 5.79. The van der Waals surface area contributed by atoms with Gasteiger partial charge in [0, 0.05) is 31.8 Å². The average molecular weight is 461 g/mol. The summed E-state index contributed by atoms with van der Waals surface area (Å²) in [7, 11) is -1.93. The number of amides is 1. The minimum atomic E-state index is -3.55. The van der Waals surface area contributed by atoms with Gasteiger partial charge in [-0.15, -0.1) is 0 Å². The number of rotatable bonds is 9. The zero-order chi connectivity index (χ0) is 23.1. The molecule has 1 amide bonds. The minimum Gasteiger partial charge on any atom is -0.491 e. The van der Waals surface area contributed by atoms with Gasteiger partial charge in [-0.2, -0.15) is 4.31 Å². The maximum Gasteiger partial charge on any atom is 0.243 e. The standard InChI is InChI=1S/C24H32N2O5S/c1-18(2)19-4-10-23(11-5-19)32(28,29)26-14-12-20(13-15-26)24(27)25-21-6-8-22(9-7-21)31-17-16-30-3/h4-11,18,20H,12-17H2,1-3H3,(H,25,27). The molecule has 32 heavy (non-hydrogen) atoms. The molecule has 174 valence electrons. The van der Waals surface area contributed by atoms with Crippen molar-refractivity contribution in [1.82, 2.24) is 4.31 Å². The molecule has 0 aliphatic carbocycles. The first-order valence-electron chi connectivity index (χ1n) is 10.9. The second-order valence-electron chi connectivity index (χ2n) is 8.26.